The van der Waals surface area contributed by atoms with Gasteiger partial charge in [0, 0.05) is 11.4 Å². The van der Waals surface area contributed by atoms with Gasteiger partial charge in [0.15, 0.2) is 0 Å². The molecule has 0 aromatic heterocycles. The summed E-state index contributed by atoms with van der Waals surface area (Å²) in [5, 5.41) is 6.85. The molecule has 62 valence electrons. The lowest BCUT2D eigenvalue weighted by Crippen LogP contribution is -2.27. The summed E-state index contributed by atoms with van der Waals surface area (Å²) >= 11 is 0. The molecular formula is C9H13BN2. The Morgan fingerprint density at radius 3 is 2.25 bits per heavy atom. The molecule has 0 unspecified atom stereocenters. The van der Waals surface area contributed by atoms with Crippen molar-refractivity contribution in [2.45, 2.75) is 19.7 Å². The van der Waals surface area contributed by atoms with Gasteiger partial charge in [-0.05, 0) is 18.5 Å². The smallest absolute Gasteiger partial charge is 0.370 e. The molecule has 0 bridgehead atoms. The number of nitrogens with one attached hydrogen (secondary N) is 2. The van der Waals surface area contributed by atoms with E-state index in [-0.39, 0.29) is 0 Å². The van der Waals surface area contributed by atoms with Gasteiger partial charge in [0.25, 0.3) is 0 Å². The van der Waals surface area contributed by atoms with Crippen LogP contribution in [0.3, 0.4) is 0 Å². The first-order chi connectivity index (χ1) is 5.90. The standard InChI is InChI=1S/C9H13BN2/c1-2-7-10-11-8-5-3-4-6-9(8)12-10/h3-6,11-12H,2,7H2,1H3. The topological polar surface area (TPSA) is 24.1 Å². The van der Waals surface area contributed by atoms with E-state index >= 15 is 0 Å². The summed E-state index contributed by atoms with van der Waals surface area (Å²) in [5.74, 6) is 0. The van der Waals surface area contributed by atoms with Crippen LogP contribution < -0.4 is 10.5 Å². The molecule has 0 radical (unpaired) electrons. The van der Waals surface area contributed by atoms with Gasteiger partial charge in [-0.15, -0.1) is 0 Å². The van der Waals surface area contributed by atoms with E-state index in [9.17, 15) is 0 Å². The third kappa shape index (κ3) is 1.27. The minimum absolute atomic E-state index is 0.437. The minimum Gasteiger partial charge on any atom is -0.408 e. The van der Waals surface area contributed by atoms with Crippen molar-refractivity contribution in [3.05, 3.63) is 24.3 Å². The van der Waals surface area contributed by atoms with Crippen LogP contribution in [0.2, 0.25) is 6.32 Å². The molecule has 0 amide bonds. The van der Waals surface area contributed by atoms with Crippen LogP contribution in [-0.4, -0.2) is 6.98 Å². The quantitative estimate of drug-likeness (QED) is 0.649. The van der Waals surface area contributed by atoms with Gasteiger partial charge in [0.2, 0.25) is 0 Å². The van der Waals surface area contributed by atoms with Gasteiger partial charge in [-0.1, -0.05) is 25.5 Å². The average Bonchev–Trinajstić information content (AvgIpc) is 2.47. The van der Waals surface area contributed by atoms with Crippen molar-refractivity contribution in [1.29, 1.82) is 0 Å². The predicted molar refractivity (Wildman–Crippen MR) is 54.5 cm³/mol. The normalized spacial score (nSPS) is 13.6. The zero-order valence-corrected chi connectivity index (χ0v) is 7.30. The Labute approximate surface area is 73.5 Å². The Bertz CT molecular complexity index is 250. The summed E-state index contributed by atoms with van der Waals surface area (Å²) in [7, 11) is 0. The molecule has 12 heavy (non-hydrogen) atoms. The molecule has 2 N–H and O–H groups in total. The van der Waals surface area contributed by atoms with Gasteiger partial charge in [0.1, 0.15) is 0 Å². The summed E-state index contributed by atoms with van der Waals surface area (Å²) in [6, 6.07) is 8.33. The Balaban J connectivity index is 2.11. The van der Waals surface area contributed by atoms with Crippen LogP contribution in [-0.2, 0) is 0 Å². The monoisotopic (exact) mass is 160 g/mol. The minimum atomic E-state index is 0.437. The molecule has 0 aliphatic carbocycles. The Kier molecular flexibility index (Phi) is 1.94. The summed E-state index contributed by atoms with van der Waals surface area (Å²) in [5.41, 5.74) is 2.46. The molecule has 0 saturated carbocycles. The highest BCUT2D eigenvalue weighted by atomic mass is 15.0. The van der Waals surface area contributed by atoms with Gasteiger partial charge < -0.3 is 10.5 Å². The molecule has 0 atom stereocenters. The zero-order chi connectivity index (χ0) is 8.39. The van der Waals surface area contributed by atoms with E-state index in [4.69, 9.17) is 0 Å². The maximum atomic E-state index is 3.42. The van der Waals surface area contributed by atoms with Gasteiger partial charge in [-0.3, -0.25) is 0 Å². The van der Waals surface area contributed by atoms with Crippen LogP contribution in [0.15, 0.2) is 24.3 Å². The molecule has 1 aliphatic heterocycles. The second kappa shape index (κ2) is 3.09. The van der Waals surface area contributed by atoms with Crippen LogP contribution in [0.5, 0.6) is 0 Å². The Morgan fingerprint density at radius 1 is 1.17 bits per heavy atom. The summed E-state index contributed by atoms with van der Waals surface area (Å²) in [6.45, 7) is 2.64. The second-order valence-corrected chi connectivity index (χ2v) is 3.18. The molecule has 2 rings (SSSR count). The third-order valence-electron chi connectivity index (χ3n) is 2.16. The largest absolute Gasteiger partial charge is 0.408 e. The van der Waals surface area contributed by atoms with E-state index in [0.29, 0.717) is 6.98 Å². The fraction of sp³-hybridized carbons (Fsp3) is 0.333. The third-order valence-corrected chi connectivity index (χ3v) is 2.16. The molecule has 0 spiro atoms. The number of rotatable bonds is 2. The Hall–Kier alpha value is -1.12. The number of anilines is 2. The zero-order valence-electron chi connectivity index (χ0n) is 7.30. The average molecular weight is 160 g/mol. The molecule has 1 aliphatic rings. The fourth-order valence-corrected chi connectivity index (χ4v) is 1.58. The summed E-state index contributed by atoms with van der Waals surface area (Å²) < 4.78 is 0. The Morgan fingerprint density at radius 2 is 1.75 bits per heavy atom. The van der Waals surface area contributed by atoms with E-state index < -0.39 is 0 Å². The van der Waals surface area contributed by atoms with Crippen molar-refractivity contribution < 1.29 is 0 Å². The van der Waals surface area contributed by atoms with Gasteiger partial charge in [-0.2, -0.15) is 0 Å². The maximum Gasteiger partial charge on any atom is 0.370 e. The highest BCUT2D eigenvalue weighted by Crippen LogP contribution is 2.27. The first-order valence-electron chi connectivity index (χ1n) is 4.52. The SMILES string of the molecule is CCCB1Nc2ccccc2N1. The van der Waals surface area contributed by atoms with Crippen LogP contribution >= 0.6 is 0 Å². The van der Waals surface area contributed by atoms with Gasteiger partial charge >= 0.3 is 6.98 Å². The molecule has 1 heterocycles. The fourth-order valence-electron chi connectivity index (χ4n) is 1.58. The lowest BCUT2D eigenvalue weighted by Gasteiger charge is -2.03. The van der Waals surface area contributed by atoms with Crippen molar-refractivity contribution in [2.75, 3.05) is 10.5 Å². The van der Waals surface area contributed by atoms with Gasteiger partial charge in [0.05, 0.1) is 0 Å². The predicted octanol–water partition coefficient (Wildman–Crippen LogP) is 2.42. The van der Waals surface area contributed by atoms with Crippen LogP contribution in [0.1, 0.15) is 13.3 Å². The molecule has 0 fully saturated rings. The number of fused-ring (bicyclic) bond motifs is 1. The second-order valence-electron chi connectivity index (χ2n) is 3.18. The number of benzene rings is 1. The highest BCUT2D eigenvalue weighted by Gasteiger charge is 2.22. The van der Waals surface area contributed by atoms with Crippen molar-refractivity contribution in [3.63, 3.8) is 0 Å². The van der Waals surface area contributed by atoms with Crippen molar-refractivity contribution in [2.24, 2.45) is 0 Å². The van der Waals surface area contributed by atoms with Crippen molar-refractivity contribution in [1.82, 2.24) is 0 Å². The van der Waals surface area contributed by atoms with E-state index in [0.717, 1.165) is 0 Å². The van der Waals surface area contributed by atoms with Crippen molar-refractivity contribution in [3.8, 4) is 0 Å². The van der Waals surface area contributed by atoms with E-state index in [1.54, 1.807) is 0 Å². The van der Waals surface area contributed by atoms with Crippen LogP contribution in [0.25, 0.3) is 0 Å². The number of hydrogen-bond donors (Lipinski definition) is 2. The molecule has 3 heteroatoms. The first kappa shape index (κ1) is 7.53. The molecule has 2 nitrogen and oxygen atoms in total. The van der Waals surface area contributed by atoms with Crippen molar-refractivity contribution >= 4 is 18.4 Å². The maximum absolute atomic E-state index is 3.42. The molecule has 0 saturated heterocycles. The molecule has 1 aromatic rings. The number of hydrogen-bond acceptors (Lipinski definition) is 2. The molecule has 1 aromatic carbocycles. The van der Waals surface area contributed by atoms with E-state index in [2.05, 4.69) is 41.6 Å². The number of para-hydroxylation sites is 2. The van der Waals surface area contributed by atoms with E-state index in [1.807, 2.05) is 0 Å². The van der Waals surface area contributed by atoms with Gasteiger partial charge in [-0.25, -0.2) is 0 Å². The summed E-state index contributed by atoms with van der Waals surface area (Å²) in [6.07, 6.45) is 2.38. The van der Waals surface area contributed by atoms with Crippen LogP contribution in [0, 0.1) is 0 Å². The van der Waals surface area contributed by atoms with E-state index in [1.165, 1.54) is 24.1 Å². The lowest BCUT2D eigenvalue weighted by atomic mass is 9.73. The lowest BCUT2D eigenvalue weighted by molar-refractivity contribution is 1.06. The first-order valence-corrected chi connectivity index (χ1v) is 4.52. The highest BCUT2D eigenvalue weighted by molar-refractivity contribution is 6.68. The molecular weight excluding hydrogens is 147 g/mol. The summed E-state index contributed by atoms with van der Waals surface area (Å²) in [4.78, 5) is 0. The van der Waals surface area contributed by atoms with Crippen LogP contribution in [0.4, 0.5) is 11.4 Å².